The van der Waals surface area contributed by atoms with Crippen molar-refractivity contribution in [2.24, 2.45) is 0 Å². The fraction of sp³-hybridized carbons (Fsp3) is 0.231. The van der Waals surface area contributed by atoms with E-state index < -0.39 is 0 Å². The van der Waals surface area contributed by atoms with Gasteiger partial charge in [0.1, 0.15) is 0 Å². The Morgan fingerprint density at radius 3 is 2.38 bits per heavy atom. The molecular formula is C26H28ClN9O2S. The number of thioether (sulfide) groups is 1. The number of tetrazole rings is 2. The van der Waals surface area contributed by atoms with Crippen molar-refractivity contribution in [2.75, 3.05) is 19.4 Å². The number of nitrogens with one attached hydrogen (secondary N) is 1. The molecule has 0 spiro atoms. The fourth-order valence-corrected chi connectivity index (χ4v) is 4.50. The summed E-state index contributed by atoms with van der Waals surface area (Å²) in [4.78, 5) is 0. The van der Waals surface area contributed by atoms with Crippen LogP contribution in [0.4, 0.5) is 0 Å². The third kappa shape index (κ3) is 7.11. The number of nitrogens with zero attached hydrogens (tertiary/aromatic N) is 8. The van der Waals surface area contributed by atoms with Gasteiger partial charge in [-0.2, -0.15) is 9.36 Å². The number of aryl methyl sites for hydroxylation is 1. The molecule has 0 unspecified atom stereocenters. The molecule has 0 radical (unpaired) electrons. The molecule has 0 fully saturated rings. The second kappa shape index (κ2) is 13.7. The molecule has 5 aromatic rings. The van der Waals surface area contributed by atoms with E-state index in [0.29, 0.717) is 23.9 Å². The van der Waals surface area contributed by atoms with Gasteiger partial charge in [-0.05, 0) is 69.7 Å². The second-order valence-corrected chi connectivity index (χ2v) is 9.41. The summed E-state index contributed by atoms with van der Waals surface area (Å²) < 4.78 is 15.0. The average molecular weight is 566 g/mol. The van der Waals surface area contributed by atoms with Gasteiger partial charge in [0.05, 0.1) is 18.5 Å². The Bertz CT molecular complexity index is 1460. The van der Waals surface area contributed by atoms with Gasteiger partial charge < -0.3 is 14.8 Å². The molecule has 0 amide bonds. The number of benzene rings is 3. The van der Waals surface area contributed by atoms with E-state index in [1.807, 2.05) is 79.7 Å². The molecule has 0 saturated heterocycles. The van der Waals surface area contributed by atoms with Crippen LogP contribution in [0.3, 0.4) is 0 Å². The molecule has 1 N–H and O–H groups in total. The molecule has 0 atom stereocenters. The van der Waals surface area contributed by atoms with Gasteiger partial charge in [-0.1, -0.05) is 53.7 Å². The van der Waals surface area contributed by atoms with Crippen molar-refractivity contribution in [3.05, 3.63) is 89.7 Å². The SMILES string of the molecule is COc1cc(CNCCSc2nnnn2-c2ccccc2)ccc1OCc1nnnn1-c1ccc(C)cc1.Cl. The zero-order valence-electron chi connectivity index (χ0n) is 21.5. The van der Waals surface area contributed by atoms with Gasteiger partial charge >= 0.3 is 0 Å². The maximum absolute atomic E-state index is 6.01. The van der Waals surface area contributed by atoms with Gasteiger partial charge in [0.2, 0.25) is 5.16 Å². The minimum Gasteiger partial charge on any atom is -0.493 e. The highest BCUT2D eigenvalue weighted by Crippen LogP contribution is 2.29. The van der Waals surface area contributed by atoms with Gasteiger partial charge in [0.25, 0.3) is 0 Å². The molecule has 202 valence electrons. The first-order chi connectivity index (χ1) is 18.7. The standard InChI is InChI=1S/C26H27N9O2S.ClH/c1-19-8-11-22(12-9-19)34-25(28-30-32-34)18-37-23-13-10-20(16-24(23)36-2)17-27-14-15-38-26-29-31-33-35(26)21-6-4-3-5-7-21;/h3-13,16,27H,14-15,17-18H2,1-2H3;1H. The first kappa shape index (κ1) is 28.0. The van der Waals surface area contributed by atoms with Crippen LogP contribution < -0.4 is 14.8 Å². The maximum atomic E-state index is 6.01. The summed E-state index contributed by atoms with van der Waals surface area (Å²) in [7, 11) is 1.63. The van der Waals surface area contributed by atoms with Gasteiger partial charge in [-0.3, -0.25) is 0 Å². The van der Waals surface area contributed by atoms with Gasteiger partial charge in [-0.25, -0.2) is 0 Å². The molecule has 13 heteroatoms. The molecule has 5 rings (SSSR count). The maximum Gasteiger partial charge on any atom is 0.214 e. The van der Waals surface area contributed by atoms with Crippen LogP contribution in [0.15, 0.2) is 78.0 Å². The number of halogens is 1. The number of methoxy groups -OCH3 is 1. The summed E-state index contributed by atoms with van der Waals surface area (Å²) >= 11 is 1.60. The Morgan fingerprint density at radius 2 is 1.59 bits per heavy atom. The average Bonchev–Trinajstić information content (AvgIpc) is 3.63. The van der Waals surface area contributed by atoms with E-state index in [0.717, 1.165) is 34.4 Å². The van der Waals surface area contributed by atoms with Crippen LogP contribution in [-0.2, 0) is 13.2 Å². The predicted molar refractivity (Wildman–Crippen MR) is 150 cm³/mol. The normalized spacial score (nSPS) is 10.7. The van der Waals surface area contributed by atoms with Crippen LogP contribution in [0, 0.1) is 6.92 Å². The van der Waals surface area contributed by atoms with Crippen LogP contribution in [-0.4, -0.2) is 59.8 Å². The Hall–Kier alpha value is -4.00. The monoisotopic (exact) mass is 565 g/mol. The Morgan fingerprint density at radius 1 is 0.846 bits per heavy atom. The highest BCUT2D eigenvalue weighted by atomic mass is 35.5. The molecule has 0 bridgehead atoms. The smallest absolute Gasteiger partial charge is 0.214 e. The first-order valence-electron chi connectivity index (χ1n) is 12.0. The summed E-state index contributed by atoms with van der Waals surface area (Å²) in [6, 6.07) is 23.7. The van der Waals surface area contributed by atoms with Crippen LogP contribution in [0.2, 0.25) is 0 Å². The lowest BCUT2D eigenvalue weighted by Crippen LogP contribution is -2.17. The summed E-state index contributed by atoms with van der Waals surface area (Å²) in [6.07, 6.45) is 0. The van der Waals surface area contributed by atoms with Crippen molar-refractivity contribution < 1.29 is 9.47 Å². The fourth-order valence-electron chi connectivity index (χ4n) is 3.71. The van der Waals surface area contributed by atoms with E-state index in [1.165, 1.54) is 5.56 Å². The number of hydrogen-bond donors (Lipinski definition) is 1. The zero-order chi connectivity index (χ0) is 26.2. The molecule has 2 heterocycles. The number of aromatic nitrogens is 8. The molecule has 0 aliphatic carbocycles. The van der Waals surface area contributed by atoms with E-state index in [-0.39, 0.29) is 19.0 Å². The summed E-state index contributed by atoms with van der Waals surface area (Å²) in [5.74, 6) is 2.69. The number of para-hydroxylation sites is 1. The summed E-state index contributed by atoms with van der Waals surface area (Å²) in [6.45, 7) is 3.71. The van der Waals surface area contributed by atoms with Crippen molar-refractivity contribution >= 4 is 24.2 Å². The molecule has 11 nitrogen and oxygen atoms in total. The highest BCUT2D eigenvalue weighted by molar-refractivity contribution is 7.99. The third-order valence-electron chi connectivity index (χ3n) is 5.68. The summed E-state index contributed by atoms with van der Waals surface area (Å²) in [5.41, 5.74) is 4.07. The quantitative estimate of drug-likeness (QED) is 0.176. The molecule has 3 aromatic carbocycles. The second-order valence-electron chi connectivity index (χ2n) is 8.35. The zero-order valence-corrected chi connectivity index (χ0v) is 23.1. The molecule has 0 aliphatic heterocycles. The third-order valence-corrected chi connectivity index (χ3v) is 6.60. The lowest BCUT2D eigenvalue weighted by Gasteiger charge is -2.13. The minimum absolute atomic E-state index is 0. The van der Waals surface area contributed by atoms with E-state index in [9.17, 15) is 0 Å². The number of hydrogen-bond acceptors (Lipinski definition) is 10. The molecule has 0 aliphatic rings. The van der Waals surface area contributed by atoms with E-state index in [1.54, 1.807) is 28.2 Å². The topological polar surface area (TPSA) is 118 Å². The number of ether oxygens (including phenoxy) is 2. The predicted octanol–water partition coefficient (Wildman–Crippen LogP) is 3.84. The Kier molecular flexibility index (Phi) is 9.84. The van der Waals surface area contributed by atoms with Crippen molar-refractivity contribution in [2.45, 2.75) is 25.2 Å². The van der Waals surface area contributed by atoms with Crippen LogP contribution >= 0.6 is 24.2 Å². The molecular weight excluding hydrogens is 538 g/mol. The van der Waals surface area contributed by atoms with Crippen LogP contribution in [0.5, 0.6) is 11.5 Å². The Labute approximate surface area is 236 Å². The van der Waals surface area contributed by atoms with Crippen molar-refractivity contribution in [3.8, 4) is 22.9 Å². The summed E-state index contributed by atoms with van der Waals surface area (Å²) in [5, 5.41) is 28.3. The van der Waals surface area contributed by atoms with Gasteiger partial charge in [0, 0.05) is 18.8 Å². The van der Waals surface area contributed by atoms with E-state index in [2.05, 4.69) is 36.4 Å². The minimum atomic E-state index is 0. The molecule has 39 heavy (non-hydrogen) atoms. The van der Waals surface area contributed by atoms with Crippen molar-refractivity contribution in [3.63, 3.8) is 0 Å². The number of rotatable bonds is 12. The van der Waals surface area contributed by atoms with Crippen molar-refractivity contribution in [1.29, 1.82) is 0 Å². The van der Waals surface area contributed by atoms with E-state index in [4.69, 9.17) is 9.47 Å². The van der Waals surface area contributed by atoms with E-state index >= 15 is 0 Å². The first-order valence-corrected chi connectivity index (χ1v) is 13.0. The lowest BCUT2D eigenvalue weighted by atomic mass is 10.2. The lowest BCUT2D eigenvalue weighted by molar-refractivity contribution is 0.273. The van der Waals surface area contributed by atoms with Gasteiger partial charge in [-0.15, -0.1) is 22.6 Å². The largest absolute Gasteiger partial charge is 0.493 e. The molecule has 2 aromatic heterocycles. The van der Waals surface area contributed by atoms with Gasteiger partial charge in [0.15, 0.2) is 23.9 Å². The highest BCUT2D eigenvalue weighted by Gasteiger charge is 2.12. The van der Waals surface area contributed by atoms with Crippen molar-refractivity contribution in [1.82, 2.24) is 45.7 Å². The van der Waals surface area contributed by atoms with Crippen LogP contribution in [0.1, 0.15) is 17.0 Å². The van der Waals surface area contributed by atoms with Crippen LogP contribution in [0.25, 0.3) is 11.4 Å². The molecule has 0 saturated carbocycles. The Balaban J connectivity index is 0.00000353.